The second-order valence-corrected chi connectivity index (χ2v) is 6.00. The molecule has 0 aliphatic rings. The predicted molar refractivity (Wildman–Crippen MR) is 76.1 cm³/mol. The van der Waals surface area contributed by atoms with Crippen molar-refractivity contribution in [2.75, 3.05) is 0 Å². The van der Waals surface area contributed by atoms with Crippen LogP contribution in [0.25, 0.3) is 0 Å². The molecule has 19 heavy (non-hydrogen) atoms. The molecule has 2 aromatic rings. The Morgan fingerprint density at radius 2 is 2.21 bits per heavy atom. The fourth-order valence-electron chi connectivity index (χ4n) is 1.71. The SMILES string of the molecule is CC(C)c1nnsc1C(=O)Cc1cccc(F)c1Br. The van der Waals surface area contributed by atoms with Crippen LogP contribution in [-0.2, 0) is 6.42 Å². The van der Waals surface area contributed by atoms with Crippen LogP contribution in [0.1, 0.15) is 40.7 Å². The Morgan fingerprint density at radius 1 is 1.47 bits per heavy atom. The summed E-state index contributed by atoms with van der Waals surface area (Å²) in [7, 11) is 0. The quantitative estimate of drug-likeness (QED) is 0.789. The molecule has 0 spiro atoms. The largest absolute Gasteiger partial charge is 0.293 e. The monoisotopic (exact) mass is 342 g/mol. The van der Waals surface area contributed by atoms with Crippen molar-refractivity contribution in [3.05, 3.63) is 44.6 Å². The molecule has 0 unspecified atom stereocenters. The molecule has 1 heterocycles. The second-order valence-electron chi connectivity index (χ2n) is 4.45. The zero-order chi connectivity index (χ0) is 14.0. The number of rotatable bonds is 4. The van der Waals surface area contributed by atoms with Gasteiger partial charge in [-0.3, -0.25) is 4.79 Å². The van der Waals surface area contributed by atoms with Crippen LogP contribution >= 0.6 is 27.5 Å². The number of halogens is 2. The van der Waals surface area contributed by atoms with E-state index in [1.54, 1.807) is 12.1 Å². The van der Waals surface area contributed by atoms with Gasteiger partial charge in [0, 0.05) is 6.42 Å². The summed E-state index contributed by atoms with van der Waals surface area (Å²) in [5.41, 5.74) is 1.34. The lowest BCUT2D eigenvalue weighted by molar-refractivity contribution is 0.0995. The molecule has 100 valence electrons. The van der Waals surface area contributed by atoms with Crippen LogP contribution in [0.2, 0.25) is 0 Å². The zero-order valence-corrected chi connectivity index (χ0v) is 12.9. The van der Waals surface area contributed by atoms with E-state index in [0.29, 0.717) is 20.6 Å². The number of ketones is 1. The summed E-state index contributed by atoms with van der Waals surface area (Å²) in [6.45, 7) is 3.93. The van der Waals surface area contributed by atoms with Gasteiger partial charge in [-0.25, -0.2) is 4.39 Å². The molecular weight excluding hydrogens is 331 g/mol. The van der Waals surface area contributed by atoms with Crippen molar-refractivity contribution in [3.8, 4) is 0 Å². The molecule has 6 heteroatoms. The summed E-state index contributed by atoms with van der Waals surface area (Å²) < 4.78 is 17.6. The normalized spacial score (nSPS) is 11.0. The maximum atomic E-state index is 13.4. The van der Waals surface area contributed by atoms with E-state index in [9.17, 15) is 9.18 Å². The highest BCUT2D eigenvalue weighted by molar-refractivity contribution is 9.10. The van der Waals surface area contributed by atoms with E-state index in [1.807, 2.05) is 13.8 Å². The van der Waals surface area contributed by atoms with Gasteiger partial charge in [0.15, 0.2) is 5.78 Å². The van der Waals surface area contributed by atoms with E-state index >= 15 is 0 Å². The van der Waals surface area contributed by atoms with Crippen molar-refractivity contribution in [3.63, 3.8) is 0 Å². The first-order valence-electron chi connectivity index (χ1n) is 5.79. The third-order valence-corrected chi connectivity index (χ3v) is 4.37. The van der Waals surface area contributed by atoms with Gasteiger partial charge in [0.1, 0.15) is 10.7 Å². The lowest BCUT2D eigenvalue weighted by Gasteiger charge is -2.05. The van der Waals surface area contributed by atoms with Gasteiger partial charge in [0.25, 0.3) is 0 Å². The van der Waals surface area contributed by atoms with Gasteiger partial charge in [0.05, 0.1) is 10.2 Å². The number of Topliss-reactive ketones (excluding diaryl/α,β-unsaturated/α-hetero) is 1. The number of carbonyl (C=O) groups is 1. The van der Waals surface area contributed by atoms with Crippen molar-refractivity contribution in [1.29, 1.82) is 0 Å². The molecule has 1 aromatic carbocycles. The Morgan fingerprint density at radius 3 is 2.89 bits per heavy atom. The van der Waals surface area contributed by atoms with Gasteiger partial charge in [-0.05, 0) is 45.0 Å². The molecule has 0 N–H and O–H groups in total. The number of hydrogen-bond acceptors (Lipinski definition) is 4. The minimum Gasteiger partial charge on any atom is -0.293 e. The van der Waals surface area contributed by atoms with Gasteiger partial charge >= 0.3 is 0 Å². The van der Waals surface area contributed by atoms with Crippen molar-refractivity contribution >= 4 is 33.2 Å². The Hall–Kier alpha value is -1.14. The smallest absolute Gasteiger partial charge is 0.180 e. The Balaban J connectivity index is 2.26. The highest BCUT2D eigenvalue weighted by Crippen LogP contribution is 2.25. The molecule has 0 atom stereocenters. The third kappa shape index (κ3) is 3.06. The summed E-state index contributed by atoms with van der Waals surface area (Å²) in [6.07, 6.45) is 0.141. The fourth-order valence-corrected chi connectivity index (χ4v) is 2.87. The molecule has 0 aliphatic carbocycles. The maximum Gasteiger partial charge on any atom is 0.180 e. The molecule has 2 rings (SSSR count). The molecule has 0 fully saturated rings. The summed E-state index contributed by atoms with van der Waals surface area (Å²) in [5, 5.41) is 3.98. The topological polar surface area (TPSA) is 42.9 Å². The minimum atomic E-state index is -0.364. The van der Waals surface area contributed by atoms with Gasteiger partial charge in [0.2, 0.25) is 0 Å². The van der Waals surface area contributed by atoms with Crippen LogP contribution in [0.3, 0.4) is 0 Å². The zero-order valence-electron chi connectivity index (χ0n) is 10.5. The van der Waals surface area contributed by atoms with Crippen LogP contribution < -0.4 is 0 Å². The van der Waals surface area contributed by atoms with E-state index in [4.69, 9.17) is 0 Å². The second kappa shape index (κ2) is 5.88. The average Bonchev–Trinajstić information content (AvgIpc) is 2.84. The lowest BCUT2D eigenvalue weighted by atomic mass is 10.0. The van der Waals surface area contributed by atoms with Crippen LogP contribution in [0.5, 0.6) is 0 Å². The van der Waals surface area contributed by atoms with Crippen LogP contribution in [-0.4, -0.2) is 15.4 Å². The first-order chi connectivity index (χ1) is 9.00. The van der Waals surface area contributed by atoms with Crippen LogP contribution in [0.4, 0.5) is 4.39 Å². The number of benzene rings is 1. The fraction of sp³-hybridized carbons (Fsp3) is 0.308. The summed E-state index contributed by atoms with van der Waals surface area (Å²) >= 11 is 4.26. The van der Waals surface area contributed by atoms with E-state index in [-0.39, 0.29) is 23.9 Å². The van der Waals surface area contributed by atoms with Gasteiger partial charge in [-0.2, -0.15) is 0 Å². The maximum absolute atomic E-state index is 13.4. The van der Waals surface area contributed by atoms with E-state index in [1.165, 1.54) is 6.07 Å². The molecule has 0 saturated carbocycles. The molecule has 0 saturated heterocycles. The van der Waals surface area contributed by atoms with E-state index < -0.39 is 0 Å². The Labute approximate surface area is 123 Å². The van der Waals surface area contributed by atoms with Gasteiger partial charge in [-0.1, -0.05) is 30.5 Å². The molecule has 0 aliphatic heterocycles. The van der Waals surface area contributed by atoms with E-state index in [0.717, 1.165) is 11.5 Å². The predicted octanol–water partition coefficient (Wildman–Crippen LogP) is 3.99. The van der Waals surface area contributed by atoms with Gasteiger partial charge in [-0.15, -0.1) is 5.10 Å². The molecule has 0 amide bonds. The number of aromatic nitrogens is 2. The molecule has 0 bridgehead atoms. The highest BCUT2D eigenvalue weighted by atomic mass is 79.9. The van der Waals surface area contributed by atoms with Crippen molar-refractivity contribution < 1.29 is 9.18 Å². The molecular formula is C13H12BrFN2OS. The summed E-state index contributed by atoms with van der Waals surface area (Å²) in [5.74, 6) is -0.296. The minimum absolute atomic E-state index is 0.0787. The van der Waals surface area contributed by atoms with Crippen molar-refractivity contribution in [1.82, 2.24) is 9.59 Å². The van der Waals surface area contributed by atoms with E-state index in [2.05, 4.69) is 25.5 Å². The molecule has 1 aromatic heterocycles. The number of nitrogens with zero attached hydrogens (tertiary/aromatic N) is 2. The lowest BCUT2D eigenvalue weighted by Crippen LogP contribution is -2.06. The Kier molecular flexibility index (Phi) is 4.42. The number of carbonyl (C=O) groups excluding carboxylic acids is 1. The standard InChI is InChI=1S/C13H12BrFN2OS/c1-7(2)12-13(19-17-16-12)10(18)6-8-4-3-5-9(15)11(8)14/h3-5,7H,6H2,1-2H3. The number of hydrogen-bond donors (Lipinski definition) is 0. The first-order valence-corrected chi connectivity index (χ1v) is 7.35. The first kappa shape index (κ1) is 14.3. The highest BCUT2D eigenvalue weighted by Gasteiger charge is 2.20. The van der Waals surface area contributed by atoms with Crippen molar-refractivity contribution in [2.45, 2.75) is 26.2 Å². The van der Waals surface area contributed by atoms with Crippen LogP contribution in [0, 0.1) is 5.82 Å². The Bertz CT molecular complexity index is 612. The van der Waals surface area contributed by atoms with Crippen molar-refractivity contribution in [2.24, 2.45) is 0 Å². The summed E-state index contributed by atoms with van der Waals surface area (Å²) in [4.78, 5) is 12.8. The molecule has 0 radical (unpaired) electrons. The van der Waals surface area contributed by atoms with Gasteiger partial charge < -0.3 is 0 Å². The average molecular weight is 343 g/mol. The third-order valence-electron chi connectivity index (χ3n) is 2.70. The summed E-state index contributed by atoms with van der Waals surface area (Å²) in [6, 6.07) is 4.68. The molecule has 3 nitrogen and oxygen atoms in total. The van der Waals surface area contributed by atoms with Crippen LogP contribution in [0.15, 0.2) is 22.7 Å².